The van der Waals surface area contributed by atoms with E-state index in [-0.39, 0.29) is 6.10 Å². The molecule has 1 fully saturated rings. The molecule has 1 rings (SSSR count). The SMILES string of the molecule is CC1CCCC(OC(=O)C(C)OCC(F)(F)F)C1. The van der Waals surface area contributed by atoms with Crippen LogP contribution >= 0.6 is 0 Å². The second kappa shape index (κ2) is 6.41. The molecule has 0 amide bonds. The van der Waals surface area contributed by atoms with E-state index >= 15 is 0 Å². The number of halogens is 3. The Balaban J connectivity index is 2.30. The van der Waals surface area contributed by atoms with Gasteiger partial charge in [0.15, 0.2) is 6.10 Å². The molecule has 0 bridgehead atoms. The molecule has 3 unspecified atom stereocenters. The third-order valence-electron chi connectivity index (χ3n) is 3.00. The predicted octanol–water partition coefficient (Wildman–Crippen LogP) is 3.08. The molecule has 3 nitrogen and oxygen atoms in total. The first-order valence-corrected chi connectivity index (χ1v) is 6.17. The van der Waals surface area contributed by atoms with Gasteiger partial charge in [-0.25, -0.2) is 4.79 Å². The van der Waals surface area contributed by atoms with Gasteiger partial charge in [0, 0.05) is 0 Å². The quantitative estimate of drug-likeness (QED) is 0.735. The molecule has 1 aliphatic rings. The Morgan fingerprint density at radius 1 is 1.39 bits per heavy atom. The van der Waals surface area contributed by atoms with Crippen molar-refractivity contribution in [3.05, 3.63) is 0 Å². The highest BCUT2D eigenvalue weighted by molar-refractivity contribution is 5.74. The first-order valence-electron chi connectivity index (χ1n) is 6.17. The lowest BCUT2D eigenvalue weighted by atomic mass is 9.89. The average molecular weight is 268 g/mol. The van der Waals surface area contributed by atoms with Crippen molar-refractivity contribution < 1.29 is 27.4 Å². The van der Waals surface area contributed by atoms with Crippen LogP contribution in [0.2, 0.25) is 0 Å². The molecular weight excluding hydrogens is 249 g/mol. The van der Waals surface area contributed by atoms with Crippen LogP contribution in [0.4, 0.5) is 13.2 Å². The van der Waals surface area contributed by atoms with Crippen LogP contribution in [-0.4, -0.2) is 31.0 Å². The minimum Gasteiger partial charge on any atom is -0.460 e. The summed E-state index contributed by atoms with van der Waals surface area (Å²) in [5, 5.41) is 0. The van der Waals surface area contributed by atoms with Gasteiger partial charge in [-0.3, -0.25) is 0 Å². The number of esters is 1. The van der Waals surface area contributed by atoms with E-state index in [0.717, 1.165) is 25.7 Å². The number of hydrogen-bond donors (Lipinski definition) is 0. The standard InChI is InChI=1S/C12H19F3O3/c1-8-4-3-5-10(6-8)18-11(16)9(2)17-7-12(13,14)15/h8-10H,3-7H2,1-2H3. The number of rotatable bonds is 4. The van der Waals surface area contributed by atoms with Gasteiger partial charge in [0.25, 0.3) is 0 Å². The fraction of sp³-hybridized carbons (Fsp3) is 0.917. The van der Waals surface area contributed by atoms with Gasteiger partial charge in [0.05, 0.1) is 0 Å². The van der Waals surface area contributed by atoms with Gasteiger partial charge in [-0.1, -0.05) is 13.3 Å². The number of carbonyl (C=O) groups is 1. The third kappa shape index (κ3) is 5.71. The molecule has 1 saturated carbocycles. The summed E-state index contributed by atoms with van der Waals surface area (Å²) >= 11 is 0. The van der Waals surface area contributed by atoms with E-state index in [4.69, 9.17) is 4.74 Å². The highest BCUT2D eigenvalue weighted by Gasteiger charge is 2.31. The number of hydrogen-bond acceptors (Lipinski definition) is 3. The highest BCUT2D eigenvalue weighted by atomic mass is 19.4. The first kappa shape index (κ1) is 15.3. The number of alkyl halides is 3. The lowest BCUT2D eigenvalue weighted by Gasteiger charge is -2.27. The Bertz CT molecular complexity index is 278. The zero-order valence-electron chi connectivity index (χ0n) is 10.6. The first-order chi connectivity index (χ1) is 8.28. The fourth-order valence-electron chi connectivity index (χ4n) is 2.03. The van der Waals surface area contributed by atoms with E-state index in [1.54, 1.807) is 0 Å². The fourth-order valence-corrected chi connectivity index (χ4v) is 2.03. The van der Waals surface area contributed by atoms with Crippen molar-refractivity contribution in [2.45, 2.75) is 57.9 Å². The summed E-state index contributed by atoms with van der Waals surface area (Å²) in [4.78, 5) is 11.5. The number of ether oxygens (including phenoxy) is 2. The Hall–Kier alpha value is -0.780. The van der Waals surface area contributed by atoms with Gasteiger partial charge in [-0.15, -0.1) is 0 Å². The smallest absolute Gasteiger partial charge is 0.411 e. The van der Waals surface area contributed by atoms with Crippen molar-refractivity contribution >= 4 is 5.97 Å². The zero-order chi connectivity index (χ0) is 13.8. The summed E-state index contributed by atoms with van der Waals surface area (Å²) in [5.41, 5.74) is 0. The largest absolute Gasteiger partial charge is 0.460 e. The van der Waals surface area contributed by atoms with Gasteiger partial charge >= 0.3 is 12.1 Å². The Morgan fingerprint density at radius 3 is 2.61 bits per heavy atom. The summed E-state index contributed by atoms with van der Waals surface area (Å²) in [6.45, 7) is 1.92. The molecule has 1 aliphatic carbocycles. The van der Waals surface area contributed by atoms with Crippen molar-refractivity contribution in [2.24, 2.45) is 5.92 Å². The van der Waals surface area contributed by atoms with Crippen LogP contribution in [0.15, 0.2) is 0 Å². The van der Waals surface area contributed by atoms with Crippen molar-refractivity contribution in [3.8, 4) is 0 Å². The van der Waals surface area contributed by atoms with Gasteiger partial charge in [-0.05, 0) is 32.1 Å². The Labute approximate surface area is 105 Å². The van der Waals surface area contributed by atoms with E-state index < -0.39 is 24.9 Å². The Morgan fingerprint density at radius 2 is 2.06 bits per heavy atom. The lowest BCUT2D eigenvalue weighted by molar-refractivity contribution is -0.195. The van der Waals surface area contributed by atoms with Gasteiger partial charge < -0.3 is 9.47 Å². The normalized spacial score (nSPS) is 26.7. The Kier molecular flexibility index (Phi) is 5.44. The van der Waals surface area contributed by atoms with Crippen molar-refractivity contribution in [1.82, 2.24) is 0 Å². The maximum absolute atomic E-state index is 11.9. The van der Waals surface area contributed by atoms with Gasteiger partial charge in [-0.2, -0.15) is 13.2 Å². The van der Waals surface area contributed by atoms with Crippen LogP contribution < -0.4 is 0 Å². The zero-order valence-corrected chi connectivity index (χ0v) is 10.6. The number of carbonyl (C=O) groups excluding carboxylic acids is 1. The molecule has 0 aromatic rings. The molecule has 18 heavy (non-hydrogen) atoms. The van der Waals surface area contributed by atoms with Crippen LogP contribution in [0.5, 0.6) is 0 Å². The molecule has 0 spiro atoms. The van der Waals surface area contributed by atoms with Crippen molar-refractivity contribution in [3.63, 3.8) is 0 Å². The topological polar surface area (TPSA) is 35.5 Å². The van der Waals surface area contributed by atoms with E-state index in [1.165, 1.54) is 6.92 Å². The molecule has 0 radical (unpaired) electrons. The molecule has 0 N–H and O–H groups in total. The van der Waals surface area contributed by atoms with Crippen LogP contribution in [0.3, 0.4) is 0 Å². The average Bonchev–Trinajstić information content (AvgIpc) is 2.24. The molecule has 106 valence electrons. The maximum atomic E-state index is 11.9. The van der Waals surface area contributed by atoms with E-state index in [9.17, 15) is 18.0 Å². The third-order valence-corrected chi connectivity index (χ3v) is 3.00. The monoisotopic (exact) mass is 268 g/mol. The van der Waals surface area contributed by atoms with E-state index in [2.05, 4.69) is 11.7 Å². The molecule has 0 aromatic heterocycles. The molecule has 0 aliphatic heterocycles. The minimum absolute atomic E-state index is 0.182. The molecule has 0 aromatic carbocycles. The summed E-state index contributed by atoms with van der Waals surface area (Å²) in [7, 11) is 0. The van der Waals surface area contributed by atoms with Gasteiger partial charge in [0.1, 0.15) is 12.7 Å². The van der Waals surface area contributed by atoms with Gasteiger partial charge in [0.2, 0.25) is 0 Å². The minimum atomic E-state index is -4.42. The van der Waals surface area contributed by atoms with E-state index in [1.807, 2.05) is 0 Å². The highest BCUT2D eigenvalue weighted by Crippen LogP contribution is 2.26. The molecular formula is C12H19F3O3. The second-order valence-corrected chi connectivity index (χ2v) is 4.90. The maximum Gasteiger partial charge on any atom is 0.411 e. The molecule has 0 heterocycles. The predicted molar refractivity (Wildman–Crippen MR) is 59.0 cm³/mol. The van der Waals surface area contributed by atoms with Crippen LogP contribution in [0.25, 0.3) is 0 Å². The van der Waals surface area contributed by atoms with Crippen molar-refractivity contribution in [1.29, 1.82) is 0 Å². The summed E-state index contributed by atoms with van der Waals surface area (Å²) in [6, 6.07) is 0. The van der Waals surface area contributed by atoms with Crippen molar-refractivity contribution in [2.75, 3.05) is 6.61 Å². The molecule has 3 atom stereocenters. The summed E-state index contributed by atoms with van der Waals surface area (Å²) in [5.74, 6) is -0.221. The molecule has 0 saturated heterocycles. The molecule has 6 heteroatoms. The van der Waals surface area contributed by atoms with E-state index in [0.29, 0.717) is 5.92 Å². The summed E-state index contributed by atoms with van der Waals surface area (Å²) < 4.78 is 45.3. The lowest BCUT2D eigenvalue weighted by Crippen LogP contribution is -2.33. The van der Waals surface area contributed by atoms with Crippen LogP contribution in [0.1, 0.15) is 39.5 Å². The van der Waals surface area contributed by atoms with Crippen LogP contribution in [-0.2, 0) is 14.3 Å². The second-order valence-electron chi connectivity index (χ2n) is 4.90. The van der Waals surface area contributed by atoms with Crippen LogP contribution in [0, 0.1) is 5.92 Å². The summed E-state index contributed by atoms with van der Waals surface area (Å²) in [6.07, 6.45) is -2.14.